The van der Waals surface area contributed by atoms with Crippen LogP contribution in [0.25, 0.3) is 0 Å². The highest BCUT2D eigenvalue weighted by atomic mass is 35.5. The molecule has 120 valence electrons. The zero-order valence-corrected chi connectivity index (χ0v) is 13.3. The average molecular weight is 318 g/mol. The van der Waals surface area contributed by atoms with Crippen LogP contribution in [0.2, 0.25) is 0 Å². The minimum Gasteiger partial charge on any atom is -0.360 e. The van der Waals surface area contributed by atoms with Crippen LogP contribution in [-0.2, 0) is 14.2 Å². The molecule has 0 aliphatic carbocycles. The molecule has 2 atom stereocenters. The Balaban J connectivity index is 0.00000220. The Morgan fingerprint density at radius 3 is 2.48 bits per heavy atom. The fourth-order valence-corrected chi connectivity index (χ4v) is 2.44. The normalized spacial score (nSPS) is 25.6. The van der Waals surface area contributed by atoms with Gasteiger partial charge in [-0.05, 0) is 19.4 Å². The summed E-state index contributed by atoms with van der Waals surface area (Å²) < 4.78 is 16.7. The number of nitrogens with one attached hydrogen (secondary N) is 1. The third-order valence-corrected chi connectivity index (χ3v) is 3.30. The third-order valence-electron chi connectivity index (χ3n) is 3.30. The molecule has 1 fully saturated rings. The van der Waals surface area contributed by atoms with Gasteiger partial charge in [0.1, 0.15) is 0 Å². The molecule has 5 nitrogen and oxygen atoms in total. The largest absolute Gasteiger partial charge is 0.360 e. The first-order chi connectivity index (χ1) is 9.72. The molecular formula is C15H24ClNO4. The van der Waals surface area contributed by atoms with E-state index in [1.165, 1.54) is 0 Å². The molecule has 6 heteroatoms. The van der Waals surface area contributed by atoms with Crippen molar-refractivity contribution in [1.82, 2.24) is 5.32 Å². The first kappa shape index (κ1) is 18.4. The van der Waals surface area contributed by atoms with Gasteiger partial charge in [0, 0.05) is 19.8 Å². The molecule has 1 heterocycles. The molecule has 0 radical (unpaired) electrons. The van der Waals surface area contributed by atoms with E-state index < -0.39 is 12.1 Å². The number of hydrogen-bond acceptors (Lipinski definition) is 5. The Hall–Kier alpha value is -0.690. The third kappa shape index (κ3) is 4.16. The molecule has 0 spiro atoms. The van der Waals surface area contributed by atoms with E-state index in [2.05, 4.69) is 5.32 Å². The average Bonchev–Trinajstić information content (AvgIpc) is 2.48. The van der Waals surface area contributed by atoms with Crippen LogP contribution in [0, 0.1) is 0 Å². The van der Waals surface area contributed by atoms with Crippen molar-refractivity contribution in [2.24, 2.45) is 0 Å². The van der Waals surface area contributed by atoms with Crippen molar-refractivity contribution >= 4 is 12.4 Å². The predicted octanol–water partition coefficient (Wildman–Crippen LogP) is 1.86. The molecule has 1 aromatic rings. The van der Waals surface area contributed by atoms with Crippen LogP contribution in [0.3, 0.4) is 0 Å². The Labute approximate surface area is 132 Å². The number of rotatable bonds is 6. The summed E-state index contributed by atoms with van der Waals surface area (Å²) in [6, 6.07) is 9.32. The van der Waals surface area contributed by atoms with E-state index in [1.54, 1.807) is 0 Å². The first-order valence-electron chi connectivity index (χ1n) is 7.10. The van der Waals surface area contributed by atoms with Crippen LogP contribution in [-0.4, -0.2) is 43.5 Å². The lowest BCUT2D eigenvalue weighted by atomic mass is 9.96. The van der Waals surface area contributed by atoms with Gasteiger partial charge in [-0.25, -0.2) is 0 Å². The molecular weight excluding hydrogens is 294 g/mol. The van der Waals surface area contributed by atoms with Gasteiger partial charge >= 0.3 is 0 Å². The van der Waals surface area contributed by atoms with Crippen LogP contribution in [0.4, 0.5) is 0 Å². The molecule has 0 saturated carbocycles. The maximum absolute atomic E-state index is 11.0. The SMILES string of the molecule is CCOC(OCC)C1(O)OCCNC1c1ccccc1.Cl. The van der Waals surface area contributed by atoms with Crippen molar-refractivity contribution in [1.29, 1.82) is 0 Å². The van der Waals surface area contributed by atoms with E-state index in [1.807, 2.05) is 44.2 Å². The van der Waals surface area contributed by atoms with Crippen molar-refractivity contribution in [3.8, 4) is 0 Å². The first-order valence-corrected chi connectivity index (χ1v) is 7.10. The molecule has 21 heavy (non-hydrogen) atoms. The van der Waals surface area contributed by atoms with E-state index >= 15 is 0 Å². The van der Waals surface area contributed by atoms with Crippen LogP contribution >= 0.6 is 12.4 Å². The highest BCUT2D eigenvalue weighted by Gasteiger charge is 2.49. The van der Waals surface area contributed by atoms with Gasteiger partial charge in [0.05, 0.1) is 12.6 Å². The monoisotopic (exact) mass is 317 g/mol. The highest BCUT2D eigenvalue weighted by molar-refractivity contribution is 5.85. The van der Waals surface area contributed by atoms with Crippen LogP contribution in [0.1, 0.15) is 25.5 Å². The van der Waals surface area contributed by atoms with Crippen LogP contribution in [0.15, 0.2) is 30.3 Å². The molecule has 0 bridgehead atoms. The lowest BCUT2D eigenvalue weighted by Gasteiger charge is -2.44. The Kier molecular flexibility index (Phi) is 7.59. The van der Waals surface area contributed by atoms with Gasteiger partial charge in [0.15, 0.2) is 0 Å². The van der Waals surface area contributed by atoms with Crippen molar-refractivity contribution in [2.45, 2.75) is 32.0 Å². The van der Waals surface area contributed by atoms with E-state index in [9.17, 15) is 5.11 Å². The van der Waals surface area contributed by atoms with Crippen molar-refractivity contribution in [3.63, 3.8) is 0 Å². The van der Waals surface area contributed by atoms with Crippen LogP contribution < -0.4 is 5.32 Å². The molecule has 1 aliphatic heterocycles. The predicted molar refractivity (Wildman–Crippen MR) is 82.4 cm³/mol. The lowest BCUT2D eigenvalue weighted by molar-refractivity contribution is -0.356. The Morgan fingerprint density at radius 2 is 1.90 bits per heavy atom. The summed E-state index contributed by atoms with van der Waals surface area (Å²) in [6.07, 6.45) is -0.824. The fraction of sp³-hybridized carbons (Fsp3) is 0.600. The van der Waals surface area contributed by atoms with E-state index in [4.69, 9.17) is 14.2 Å². The fourth-order valence-electron chi connectivity index (χ4n) is 2.44. The summed E-state index contributed by atoms with van der Waals surface area (Å²) in [5.74, 6) is -1.54. The van der Waals surface area contributed by atoms with Gasteiger partial charge in [-0.1, -0.05) is 30.3 Å². The molecule has 2 N–H and O–H groups in total. The Morgan fingerprint density at radius 1 is 1.29 bits per heavy atom. The number of aliphatic hydroxyl groups is 1. The molecule has 0 aromatic heterocycles. The zero-order chi connectivity index (χ0) is 14.4. The summed E-state index contributed by atoms with van der Waals surface area (Å²) >= 11 is 0. The molecule has 2 rings (SSSR count). The standard InChI is InChI=1S/C15H23NO4.ClH/c1-3-18-14(19-4-2)15(17)13(16-10-11-20-15)12-8-6-5-7-9-12;/h5-9,13-14,16-17H,3-4,10-11H2,1-2H3;1H. The van der Waals surface area contributed by atoms with Gasteiger partial charge in [-0.3, -0.25) is 0 Å². The second kappa shape index (κ2) is 8.68. The number of ether oxygens (including phenoxy) is 3. The van der Waals surface area contributed by atoms with Gasteiger partial charge in [-0.2, -0.15) is 0 Å². The second-order valence-electron chi connectivity index (χ2n) is 4.64. The highest BCUT2D eigenvalue weighted by Crippen LogP contribution is 2.34. The topological polar surface area (TPSA) is 60.0 Å². The molecule has 1 aliphatic rings. The summed E-state index contributed by atoms with van der Waals surface area (Å²) in [5, 5.41) is 14.3. The smallest absolute Gasteiger partial charge is 0.238 e. The van der Waals surface area contributed by atoms with Crippen molar-refractivity contribution in [3.05, 3.63) is 35.9 Å². The zero-order valence-electron chi connectivity index (χ0n) is 12.5. The summed E-state index contributed by atoms with van der Waals surface area (Å²) in [4.78, 5) is 0. The molecule has 0 amide bonds. The van der Waals surface area contributed by atoms with Gasteiger partial charge in [0.2, 0.25) is 12.1 Å². The van der Waals surface area contributed by atoms with E-state index in [0.717, 1.165) is 5.56 Å². The summed E-state index contributed by atoms with van der Waals surface area (Å²) in [7, 11) is 0. The molecule has 1 aromatic carbocycles. The van der Waals surface area contributed by atoms with E-state index in [0.29, 0.717) is 26.4 Å². The summed E-state index contributed by atoms with van der Waals surface area (Å²) in [5.41, 5.74) is 0.944. The maximum Gasteiger partial charge on any atom is 0.238 e. The van der Waals surface area contributed by atoms with Crippen molar-refractivity contribution < 1.29 is 19.3 Å². The maximum atomic E-state index is 11.0. The lowest BCUT2D eigenvalue weighted by Crippen LogP contribution is -2.60. The number of benzene rings is 1. The van der Waals surface area contributed by atoms with Gasteiger partial charge in [-0.15, -0.1) is 12.4 Å². The van der Waals surface area contributed by atoms with Gasteiger partial charge in [0.25, 0.3) is 0 Å². The number of morpholine rings is 1. The van der Waals surface area contributed by atoms with E-state index in [-0.39, 0.29) is 18.4 Å². The minimum atomic E-state index is -1.54. The van der Waals surface area contributed by atoms with Crippen LogP contribution in [0.5, 0.6) is 0 Å². The molecule has 1 saturated heterocycles. The number of halogens is 1. The Bertz CT molecular complexity index is 400. The molecule has 2 unspecified atom stereocenters. The quantitative estimate of drug-likeness (QED) is 0.784. The van der Waals surface area contributed by atoms with Crippen molar-refractivity contribution in [2.75, 3.05) is 26.4 Å². The number of hydrogen-bond donors (Lipinski definition) is 2. The van der Waals surface area contributed by atoms with Gasteiger partial charge < -0.3 is 24.6 Å². The minimum absolute atomic E-state index is 0. The summed E-state index contributed by atoms with van der Waals surface area (Å²) in [6.45, 7) is 5.70. The second-order valence-corrected chi connectivity index (χ2v) is 4.64.